The van der Waals surface area contributed by atoms with Gasteiger partial charge in [-0.05, 0) is 55.9 Å². The molecule has 3 nitrogen and oxygen atoms in total. The summed E-state index contributed by atoms with van der Waals surface area (Å²) < 4.78 is 5.86. The van der Waals surface area contributed by atoms with E-state index in [4.69, 9.17) is 4.74 Å². The molecule has 4 rings (SSSR count). The van der Waals surface area contributed by atoms with Gasteiger partial charge in [0.1, 0.15) is 6.10 Å². The molecule has 3 fully saturated rings. The monoisotopic (exact) mass is 353 g/mol. The highest BCUT2D eigenvalue weighted by Crippen LogP contribution is 2.56. The van der Waals surface area contributed by atoms with Gasteiger partial charge in [0.2, 0.25) is 0 Å². The van der Waals surface area contributed by atoms with Crippen molar-refractivity contribution < 1.29 is 9.53 Å². The van der Waals surface area contributed by atoms with Crippen molar-refractivity contribution in [2.24, 2.45) is 23.2 Å². The molecule has 1 N–H and O–H groups in total. The van der Waals surface area contributed by atoms with Crippen LogP contribution in [0.1, 0.15) is 57.6 Å². The van der Waals surface area contributed by atoms with Gasteiger partial charge in [0.25, 0.3) is 0 Å². The van der Waals surface area contributed by atoms with Crippen LogP contribution in [0.4, 0.5) is 0 Å². The molecule has 0 spiro atoms. The molecule has 1 aliphatic heterocycles. The second kappa shape index (κ2) is 6.84. The summed E-state index contributed by atoms with van der Waals surface area (Å²) in [7, 11) is 0. The molecule has 1 saturated heterocycles. The Hall–Kier alpha value is -1.61. The first-order valence-electron chi connectivity index (χ1n) is 10.1. The minimum absolute atomic E-state index is 0.000575. The van der Waals surface area contributed by atoms with Crippen LogP contribution in [-0.2, 0) is 9.53 Å². The van der Waals surface area contributed by atoms with Crippen LogP contribution < -0.4 is 5.32 Å². The number of rotatable bonds is 4. The van der Waals surface area contributed by atoms with Crippen molar-refractivity contribution >= 4 is 5.97 Å². The fraction of sp³-hybridized carbons (Fsp3) is 0.609. The molecule has 6 atom stereocenters. The fourth-order valence-electron chi connectivity index (χ4n) is 5.65. The largest absolute Gasteiger partial charge is 0.462 e. The highest BCUT2D eigenvalue weighted by Gasteiger charge is 2.54. The van der Waals surface area contributed by atoms with Gasteiger partial charge in [0.05, 0.1) is 5.92 Å². The second-order valence-corrected chi connectivity index (χ2v) is 8.94. The normalized spacial score (nSPS) is 37.6. The maximum Gasteiger partial charge on any atom is 0.310 e. The third kappa shape index (κ3) is 3.11. The Labute approximate surface area is 157 Å². The van der Waals surface area contributed by atoms with E-state index in [1.807, 2.05) is 6.07 Å². The van der Waals surface area contributed by atoms with Crippen molar-refractivity contribution in [3.8, 4) is 0 Å². The minimum atomic E-state index is -0.0227. The molecule has 0 amide bonds. The van der Waals surface area contributed by atoms with E-state index in [0.717, 1.165) is 19.3 Å². The highest BCUT2D eigenvalue weighted by atomic mass is 16.6. The lowest BCUT2D eigenvalue weighted by Crippen LogP contribution is -2.45. The zero-order valence-electron chi connectivity index (χ0n) is 16.0. The number of nitrogens with one attached hydrogen (secondary N) is 1. The number of fused-ring (bicyclic) bond motifs is 2. The molecule has 1 aromatic rings. The van der Waals surface area contributed by atoms with Crippen LogP contribution >= 0.6 is 0 Å². The third-order valence-corrected chi connectivity index (χ3v) is 7.26. The fourth-order valence-corrected chi connectivity index (χ4v) is 5.65. The molecule has 2 aliphatic carbocycles. The van der Waals surface area contributed by atoms with Crippen molar-refractivity contribution in [3.63, 3.8) is 0 Å². The van der Waals surface area contributed by atoms with Gasteiger partial charge in [-0.1, -0.05) is 49.4 Å². The van der Waals surface area contributed by atoms with Gasteiger partial charge >= 0.3 is 5.97 Å². The van der Waals surface area contributed by atoms with E-state index in [2.05, 4.69) is 50.0 Å². The molecule has 3 heteroatoms. The molecular weight excluding hydrogens is 322 g/mol. The molecule has 0 unspecified atom stereocenters. The number of benzene rings is 1. The van der Waals surface area contributed by atoms with Crippen LogP contribution in [0, 0.1) is 23.2 Å². The summed E-state index contributed by atoms with van der Waals surface area (Å²) in [5, 5.41) is 3.57. The third-order valence-electron chi connectivity index (χ3n) is 7.26. The topological polar surface area (TPSA) is 38.3 Å². The second-order valence-electron chi connectivity index (χ2n) is 8.94. The Morgan fingerprint density at radius 2 is 2.12 bits per heavy atom. The maximum absolute atomic E-state index is 12.6. The summed E-state index contributed by atoms with van der Waals surface area (Å²) in [5.41, 5.74) is 2.93. The van der Waals surface area contributed by atoms with E-state index < -0.39 is 0 Å². The number of allylic oxidation sites excluding steroid dienone is 1. The van der Waals surface area contributed by atoms with E-state index >= 15 is 0 Å². The predicted octanol–water partition coefficient (Wildman–Crippen LogP) is 4.65. The Morgan fingerprint density at radius 3 is 2.88 bits per heavy atom. The molecule has 26 heavy (non-hydrogen) atoms. The Balaban J connectivity index is 1.45. The molecule has 3 aliphatic rings. The number of carbonyl (C=O) groups is 1. The van der Waals surface area contributed by atoms with Gasteiger partial charge in [-0.25, -0.2) is 0 Å². The molecule has 0 radical (unpaired) electrons. The van der Waals surface area contributed by atoms with E-state index in [9.17, 15) is 4.79 Å². The van der Waals surface area contributed by atoms with Gasteiger partial charge in [0.15, 0.2) is 0 Å². The van der Waals surface area contributed by atoms with Crippen LogP contribution in [-0.4, -0.2) is 18.6 Å². The number of esters is 1. The standard InChI is InChI=1S/C23H31NO2/c1-15-8-7-11-23(3)13-21-18(12-20(15)23)19(22(25)26-21)14-24-16(2)17-9-5-4-6-10-17/h4-6,9-10,16,18-21,24H,1,7-8,11-14H2,2-3H3/t16-,18-,19-,20-,21+,23+/m0/s1. The average Bonchev–Trinajstić information content (AvgIpc) is 2.92. The smallest absolute Gasteiger partial charge is 0.310 e. The van der Waals surface area contributed by atoms with Crippen LogP contribution in [0.15, 0.2) is 42.5 Å². The van der Waals surface area contributed by atoms with Crippen LogP contribution in [0.3, 0.4) is 0 Å². The SMILES string of the molecule is C=C1CCC[C@]2(C)C[C@H]3OC(=O)[C@@H](CN[C@@H](C)c4ccccc4)[C@@H]3C[C@@H]12. The van der Waals surface area contributed by atoms with Gasteiger partial charge in [0, 0.05) is 18.5 Å². The molecular formula is C23H31NO2. The summed E-state index contributed by atoms with van der Waals surface area (Å²) in [5.74, 6) is 0.873. The molecule has 2 saturated carbocycles. The number of hydrogen-bond donors (Lipinski definition) is 1. The number of ether oxygens (including phenoxy) is 1. The Bertz CT molecular complexity index is 685. The van der Waals surface area contributed by atoms with Gasteiger partial charge < -0.3 is 10.1 Å². The van der Waals surface area contributed by atoms with Crippen LogP contribution in [0.25, 0.3) is 0 Å². The van der Waals surface area contributed by atoms with Crippen molar-refractivity contribution in [1.82, 2.24) is 5.32 Å². The van der Waals surface area contributed by atoms with Gasteiger partial charge in [-0.15, -0.1) is 0 Å². The molecule has 1 aromatic carbocycles. The lowest BCUT2D eigenvalue weighted by Gasteiger charge is -2.50. The highest BCUT2D eigenvalue weighted by molar-refractivity contribution is 5.75. The van der Waals surface area contributed by atoms with Crippen molar-refractivity contribution in [2.75, 3.05) is 6.54 Å². The Kier molecular flexibility index (Phi) is 4.68. The first-order chi connectivity index (χ1) is 12.5. The van der Waals surface area contributed by atoms with Crippen LogP contribution in [0.2, 0.25) is 0 Å². The zero-order chi connectivity index (χ0) is 18.3. The number of carbonyl (C=O) groups excluding carboxylic acids is 1. The van der Waals surface area contributed by atoms with E-state index in [0.29, 0.717) is 18.4 Å². The van der Waals surface area contributed by atoms with Crippen molar-refractivity contribution in [3.05, 3.63) is 48.0 Å². The lowest BCUT2D eigenvalue weighted by atomic mass is 9.55. The summed E-state index contributed by atoms with van der Waals surface area (Å²) in [6.07, 6.45) is 5.81. The van der Waals surface area contributed by atoms with Crippen LogP contribution in [0.5, 0.6) is 0 Å². The first-order valence-corrected chi connectivity index (χ1v) is 10.1. The van der Waals surface area contributed by atoms with Gasteiger partial charge in [-0.2, -0.15) is 0 Å². The first kappa shape index (κ1) is 17.8. The lowest BCUT2D eigenvalue weighted by molar-refractivity contribution is -0.146. The van der Waals surface area contributed by atoms with E-state index in [1.165, 1.54) is 24.0 Å². The van der Waals surface area contributed by atoms with E-state index in [1.54, 1.807) is 0 Å². The minimum Gasteiger partial charge on any atom is -0.462 e. The Morgan fingerprint density at radius 1 is 1.35 bits per heavy atom. The number of hydrogen-bond acceptors (Lipinski definition) is 3. The molecule has 0 bridgehead atoms. The average molecular weight is 354 g/mol. The molecule has 140 valence electrons. The molecule has 1 heterocycles. The van der Waals surface area contributed by atoms with Gasteiger partial charge in [-0.3, -0.25) is 4.79 Å². The summed E-state index contributed by atoms with van der Waals surface area (Å²) in [6, 6.07) is 10.7. The summed E-state index contributed by atoms with van der Waals surface area (Å²) >= 11 is 0. The predicted molar refractivity (Wildman–Crippen MR) is 104 cm³/mol. The maximum atomic E-state index is 12.6. The van der Waals surface area contributed by atoms with E-state index in [-0.39, 0.29) is 29.4 Å². The zero-order valence-corrected chi connectivity index (χ0v) is 16.0. The summed E-state index contributed by atoms with van der Waals surface area (Å²) in [6.45, 7) is 9.62. The summed E-state index contributed by atoms with van der Waals surface area (Å²) in [4.78, 5) is 12.6. The quantitative estimate of drug-likeness (QED) is 0.632. The van der Waals surface area contributed by atoms with Crippen molar-refractivity contribution in [2.45, 2.75) is 58.1 Å². The van der Waals surface area contributed by atoms with Crippen molar-refractivity contribution in [1.29, 1.82) is 0 Å². The molecule has 0 aromatic heterocycles.